The Balaban J connectivity index is 1.61. The van der Waals surface area contributed by atoms with Gasteiger partial charge in [-0.05, 0) is 35.7 Å². The summed E-state index contributed by atoms with van der Waals surface area (Å²) in [6.45, 7) is 0.685. The van der Waals surface area contributed by atoms with E-state index in [0.29, 0.717) is 35.4 Å². The van der Waals surface area contributed by atoms with Gasteiger partial charge in [-0.3, -0.25) is 9.59 Å². The number of hydrogen-bond donors (Lipinski definition) is 2. The molecule has 4 aromatic rings. The normalized spacial score (nSPS) is 15.9. The van der Waals surface area contributed by atoms with E-state index in [2.05, 4.69) is 10.3 Å². The number of fused-ring (bicyclic) bond motifs is 4. The molecular weight excluding hydrogens is 409 g/mol. The van der Waals surface area contributed by atoms with Crippen LogP contribution in [0.15, 0.2) is 47.5 Å². The van der Waals surface area contributed by atoms with Crippen LogP contribution in [-0.2, 0) is 6.54 Å². The molecule has 158 valence electrons. The number of pyridine rings is 2. The molecule has 0 aliphatic carbocycles. The fraction of sp³-hybridized carbons (Fsp3) is 0.182. The molecule has 0 bridgehead atoms. The van der Waals surface area contributed by atoms with Crippen molar-refractivity contribution in [3.8, 4) is 0 Å². The van der Waals surface area contributed by atoms with Crippen molar-refractivity contribution in [3.63, 3.8) is 0 Å². The molecule has 0 unspecified atom stereocenters. The quantitative estimate of drug-likeness (QED) is 0.518. The molecule has 0 fully saturated rings. The molecule has 5 rings (SSSR count). The van der Waals surface area contributed by atoms with Crippen LogP contribution in [0, 0.1) is 17.5 Å². The lowest BCUT2D eigenvalue weighted by Crippen LogP contribution is -2.42. The van der Waals surface area contributed by atoms with Crippen LogP contribution in [0.25, 0.3) is 16.3 Å². The van der Waals surface area contributed by atoms with E-state index in [1.54, 1.807) is 19.2 Å². The Bertz CT molecular complexity index is 1430. The molecule has 0 spiro atoms. The van der Waals surface area contributed by atoms with Crippen molar-refractivity contribution in [2.24, 2.45) is 0 Å². The fourth-order valence-corrected chi connectivity index (χ4v) is 4.22. The average Bonchev–Trinajstić information content (AvgIpc) is 3.17. The van der Waals surface area contributed by atoms with Crippen molar-refractivity contribution in [1.82, 2.24) is 19.6 Å². The van der Waals surface area contributed by atoms with Crippen molar-refractivity contribution >= 4 is 22.2 Å². The van der Waals surface area contributed by atoms with Gasteiger partial charge in [0.15, 0.2) is 11.6 Å². The molecule has 9 heteroatoms. The maximum absolute atomic E-state index is 14.0. The first-order valence-corrected chi connectivity index (χ1v) is 9.62. The Labute approximate surface area is 173 Å². The molecule has 3 aromatic heterocycles. The van der Waals surface area contributed by atoms with Crippen molar-refractivity contribution in [2.75, 3.05) is 13.6 Å². The van der Waals surface area contributed by atoms with Crippen LogP contribution in [0.2, 0.25) is 0 Å². The zero-order valence-corrected chi connectivity index (χ0v) is 16.4. The largest absolute Gasteiger partial charge is 0.333 e. The van der Waals surface area contributed by atoms with E-state index >= 15 is 0 Å². The van der Waals surface area contributed by atoms with Crippen LogP contribution in [0.5, 0.6) is 0 Å². The number of nitrogens with one attached hydrogen (secondary N) is 2. The Kier molecular flexibility index (Phi) is 4.37. The Hall–Kier alpha value is -3.59. The number of carbonyl (C=O) groups is 1. The summed E-state index contributed by atoms with van der Waals surface area (Å²) in [5, 5.41) is 3.44. The number of aromatic amines is 1. The topological polar surface area (TPSA) is 69.6 Å². The van der Waals surface area contributed by atoms with Gasteiger partial charge in [0, 0.05) is 49.3 Å². The van der Waals surface area contributed by atoms with Crippen LogP contribution < -0.4 is 10.9 Å². The third-order valence-electron chi connectivity index (χ3n) is 5.75. The predicted octanol–water partition coefficient (Wildman–Crippen LogP) is 3.11. The first-order chi connectivity index (χ1) is 14.8. The van der Waals surface area contributed by atoms with Gasteiger partial charge < -0.3 is 19.6 Å². The highest BCUT2D eigenvalue weighted by atomic mass is 19.2. The second kappa shape index (κ2) is 6.98. The molecule has 2 N–H and O–H groups in total. The zero-order chi connectivity index (χ0) is 21.9. The van der Waals surface area contributed by atoms with E-state index in [9.17, 15) is 22.8 Å². The molecule has 1 aliphatic rings. The van der Waals surface area contributed by atoms with Crippen LogP contribution in [0.4, 0.5) is 13.2 Å². The van der Waals surface area contributed by atoms with Gasteiger partial charge in [-0.2, -0.15) is 0 Å². The van der Waals surface area contributed by atoms with Gasteiger partial charge in [0.05, 0.1) is 17.0 Å². The number of rotatable bonds is 2. The lowest BCUT2D eigenvalue weighted by molar-refractivity contribution is 0.0723. The van der Waals surface area contributed by atoms with E-state index in [0.717, 1.165) is 12.1 Å². The summed E-state index contributed by atoms with van der Waals surface area (Å²) in [5.74, 6) is -2.93. The lowest BCUT2D eigenvalue weighted by atomic mass is 9.93. The monoisotopic (exact) mass is 426 g/mol. The molecule has 4 heterocycles. The van der Waals surface area contributed by atoms with Crippen LogP contribution in [0.1, 0.15) is 27.7 Å². The summed E-state index contributed by atoms with van der Waals surface area (Å²) >= 11 is 0. The SMILES string of the molecule is CN(C(=O)c1cc2ccc(F)cn2c1)[C@H]1CNCc2[nH]c(=O)c3cc(F)c(F)cc3c21. The molecule has 1 aromatic carbocycles. The Morgan fingerprint density at radius 3 is 2.61 bits per heavy atom. The van der Waals surface area contributed by atoms with E-state index in [1.165, 1.54) is 27.8 Å². The number of benzene rings is 1. The van der Waals surface area contributed by atoms with Gasteiger partial charge in [0.2, 0.25) is 0 Å². The summed E-state index contributed by atoms with van der Waals surface area (Å²) in [7, 11) is 1.60. The third-order valence-corrected chi connectivity index (χ3v) is 5.75. The van der Waals surface area contributed by atoms with Gasteiger partial charge in [0.1, 0.15) is 5.82 Å². The smallest absolute Gasteiger partial charge is 0.256 e. The molecule has 1 atom stereocenters. The second-order valence-electron chi connectivity index (χ2n) is 7.63. The van der Waals surface area contributed by atoms with Crippen molar-refractivity contribution < 1.29 is 18.0 Å². The molecule has 0 saturated heterocycles. The summed E-state index contributed by atoms with van der Waals surface area (Å²) in [6, 6.07) is 5.87. The standard InChI is InChI=1S/C22H17F3N4O2/c1-28(22(31)11-4-13-3-2-12(23)10-29(13)9-11)19-8-26-7-18-20(19)14-5-16(24)17(25)6-15(14)21(30)27-18/h2-6,9-10,19,26H,7-8H2,1H3,(H,27,30)/t19-/m0/s1. The summed E-state index contributed by atoms with van der Waals surface area (Å²) in [6.07, 6.45) is 2.81. The molecule has 1 amide bonds. The highest BCUT2D eigenvalue weighted by Crippen LogP contribution is 2.32. The minimum Gasteiger partial charge on any atom is -0.333 e. The molecular formula is C22H17F3N4O2. The van der Waals surface area contributed by atoms with Crippen LogP contribution in [-0.4, -0.2) is 33.8 Å². The van der Waals surface area contributed by atoms with Crippen molar-refractivity contribution in [3.05, 3.63) is 87.4 Å². The maximum Gasteiger partial charge on any atom is 0.256 e. The summed E-state index contributed by atoms with van der Waals surface area (Å²) in [4.78, 5) is 29.8. The second-order valence-corrected chi connectivity index (χ2v) is 7.63. The first kappa shape index (κ1) is 19.4. The van der Waals surface area contributed by atoms with Gasteiger partial charge in [-0.25, -0.2) is 13.2 Å². The molecule has 1 aliphatic heterocycles. The number of carbonyl (C=O) groups excluding carboxylic acids is 1. The third kappa shape index (κ3) is 3.09. The highest BCUT2D eigenvalue weighted by molar-refractivity contribution is 5.96. The van der Waals surface area contributed by atoms with Crippen molar-refractivity contribution in [2.45, 2.75) is 12.6 Å². The van der Waals surface area contributed by atoms with Gasteiger partial charge in [-0.15, -0.1) is 0 Å². The van der Waals surface area contributed by atoms with Gasteiger partial charge in [0.25, 0.3) is 11.5 Å². The van der Waals surface area contributed by atoms with E-state index in [-0.39, 0.29) is 16.7 Å². The minimum absolute atomic E-state index is 0.0236. The van der Waals surface area contributed by atoms with Crippen LogP contribution in [0.3, 0.4) is 0 Å². The van der Waals surface area contributed by atoms with Crippen molar-refractivity contribution in [1.29, 1.82) is 0 Å². The van der Waals surface area contributed by atoms with E-state index in [4.69, 9.17) is 0 Å². The predicted molar refractivity (Wildman–Crippen MR) is 108 cm³/mol. The molecule has 0 saturated carbocycles. The number of H-pyrrole nitrogens is 1. The number of hydrogen-bond acceptors (Lipinski definition) is 3. The molecule has 0 radical (unpaired) electrons. The maximum atomic E-state index is 14.0. The Morgan fingerprint density at radius 2 is 1.84 bits per heavy atom. The van der Waals surface area contributed by atoms with Gasteiger partial charge in [-0.1, -0.05) is 0 Å². The lowest BCUT2D eigenvalue weighted by Gasteiger charge is -2.34. The number of aromatic nitrogens is 2. The number of amides is 1. The average molecular weight is 426 g/mol. The van der Waals surface area contributed by atoms with E-state index in [1.807, 2.05) is 0 Å². The summed E-state index contributed by atoms with van der Waals surface area (Å²) < 4.78 is 42.8. The zero-order valence-electron chi connectivity index (χ0n) is 16.4. The fourth-order valence-electron chi connectivity index (χ4n) is 4.22. The van der Waals surface area contributed by atoms with E-state index < -0.39 is 29.1 Å². The number of nitrogens with zero attached hydrogens (tertiary/aromatic N) is 2. The Morgan fingerprint density at radius 1 is 1.10 bits per heavy atom. The minimum atomic E-state index is -1.11. The van der Waals surface area contributed by atoms with Gasteiger partial charge >= 0.3 is 0 Å². The molecule has 31 heavy (non-hydrogen) atoms. The number of halogens is 3. The number of likely N-dealkylation sites (N-methyl/N-ethyl adjacent to an activating group) is 1. The summed E-state index contributed by atoms with van der Waals surface area (Å²) in [5.41, 5.74) is 1.57. The highest BCUT2D eigenvalue weighted by Gasteiger charge is 2.31. The first-order valence-electron chi connectivity index (χ1n) is 9.62. The van der Waals surface area contributed by atoms with Crippen LogP contribution >= 0.6 is 0 Å². The molecule has 6 nitrogen and oxygen atoms in total.